The Kier molecular flexibility index (Phi) is 4.63. The van der Waals surface area contributed by atoms with Crippen LogP contribution in [0.1, 0.15) is 51.4 Å². The molecule has 0 unspecified atom stereocenters. The highest BCUT2D eigenvalue weighted by Gasteiger charge is 2.35. The SMILES string of the molecule is O=C(CC1(n2cccc2)CCCCC1)NC[C@H]1CCCO1. The van der Waals surface area contributed by atoms with Crippen molar-refractivity contribution in [3.05, 3.63) is 24.5 Å². The molecule has 2 fully saturated rings. The summed E-state index contributed by atoms with van der Waals surface area (Å²) in [5.41, 5.74) is -0.0115. The van der Waals surface area contributed by atoms with Crippen LogP contribution in [0.15, 0.2) is 24.5 Å². The molecule has 0 aromatic carbocycles. The van der Waals surface area contributed by atoms with Gasteiger partial charge in [-0.15, -0.1) is 0 Å². The Morgan fingerprint density at radius 2 is 1.95 bits per heavy atom. The summed E-state index contributed by atoms with van der Waals surface area (Å²) in [5, 5.41) is 3.08. The van der Waals surface area contributed by atoms with Crippen molar-refractivity contribution in [1.82, 2.24) is 9.88 Å². The molecule has 1 atom stereocenters. The number of hydrogen-bond acceptors (Lipinski definition) is 2. The van der Waals surface area contributed by atoms with Gasteiger partial charge in [0.15, 0.2) is 0 Å². The van der Waals surface area contributed by atoms with Crippen molar-refractivity contribution in [2.24, 2.45) is 0 Å². The molecule has 1 amide bonds. The van der Waals surface area contributed by atoms with Crippen LogP contribution in [-0.2, 0) is 15.1 Å². The van der Waals surface area contributed by atoms with Gasteiger partial charge in [-0.05, 0) is 37.8 Å². The summed E-state index contributed by atoms with van der Waals surface area (Å²) in [4.78, 5) is 12.4. The van der Waals surface area contributed by atoms with Crippen molar-refractivity contribution >= 4 is 5.91 Å². The quantitative estimate of drug-likeness (QED) is 0.906. The molecule has 1 saturated heterocycles. The molecule has 2 heterocycles. The number of hydrogen-bond donors (Lipinski definition) is 1. The second-order valence-electron chi connectivity index (χ2n) is 6.49. The third-order valence-corrected chi connectivity index (χ3v) is 4.98. The molecule has 1 N–H and O–H groups in total. The normalized spacial score (nSPS) is 24.9. The number of aromatic nitrogens is 1. The number of rotatable bonds is 5. The highest BCUT2D eigenvalue weighted by Crippen LogP contribution is 2.37. The van der Waals surface area contributed by atoms with Crippen LogP contribution in [-0.4, -0.2) is 29.7 Å². The Bertz CT molecular complexity index is 443. The second-order valence-corrected chi connectivity index (χ2v) is 6.49. The summed E-state index contributed by atoms with van der Waals surface area (Å²) in [5.74, 6) is 0.168. The molecule has 1 aromatic heterocycles. The van der Waals surface area contributed by atoms with E-state index in [4.69, 9.17) is 4.74 Å². The first-order valence-corrected chi connectivity index (χ1v) is 8.30. The molecule has 21 heavy (non-hydrogen) atoms. The number of amides is 1. The number of ether oxygens (including phenoxy) is 1. The fourth-order valence-electron chi connectivity index (χ4n) is 3.78. The molecule has 1 aliphatic heterocycles. The molecule has 0 bridgehead atoms. The van der Waals surface area contributed by atoms with Gasteiger partial charge < -0.3 is 14.6 Å². The summed E-state index contributed by atoms with van der Waals surface area (Å²) in [6, 6.07) is 4.11. The lowest BCUT2D eigenvalue weighted by Gasteiger charge is -2.38. The van der Waals surface area contributed by atoms with Gasteiger partial charge in [0.2, 0.25) is 5.91 Å². The van der Waals surface area contributed by atoms with E-state index >= 15 is 0 Å². The maximum atomic E-state index is 12.4. The molecular weight excluding hydrogens is 264 g/mol. The molecule has 4 heteroatoms. The summed E-state index contributed by atoms with van der Waals surface area (Å²) in [6.07, 6.45) is 13.2. The summed E-state index contributed by atoms with van der Waals surface area (Å²) < 4.78 is 7.83. The third-order valence-electron chi connectivity index (χ3n) is 4.98. The molecule has 3 rings (SSSR count). The molecule has 4 nitrogen and oxygen atoms in total. The molecule has 1 saturated carbocycles. The fraction of sp³-hybridized carbons (Fsp3) is 0.706. The van der Waals surface area contributed by atoms with Crippen molar-refractivity contribution in [3.8, 4) is 0 Å². The Morgan fingerprint density at radius 3 is 2.62 bits per heavy atom. The molecule has 2 aliphatic rings. The van der Waals surface area contributed by atoms with Gasteiger partial charge in [0.05, 0.1) is 18.1 Å². The Labute approximate surface area is 126 Å². The molecule has 0 radical (unpaired) electrons. The van der Waals surface area contributed by atoms with Crippen LogP contribution in [0.4, 0.5) is 0 Å². The van der Waals surface area contributed by atoms with Gasteiger partial charge in [0.25, 0.3) is 0 Å². The van der Waals surface area contributed by atoms with Crippen LogP contribution in [0.2, 0.25) is 0 Å². The average Bonchev–Trinajstić information content (AvgIpc) is 3.20. The van der Waals surface area contributed by atoms with E-state index in [2.05, 4.69) is 34.4 Å². The zero-order chi connectivity index (χ0) is 14.5. The Balaban J connectivity index is 1.60. The van der Waals surface area contributed by atoms with E-state index in [0.717, 1.165) is 32.3 Å². The topological polar surface area (TPSA) is 43.3 Å². The van der Waals surface area contributed by atoms with Crippen LogP contribution >= 0.6 is 0 Å². The van der Waals surface area contributed by atoms with Crippen LogP contribution in [0.3, 0.4) is 0 Å². The maximum Gasteiger partial charge on any atom is 0.222 e. The molecule has 0 spiro atoms. The van der Waals surface area contributed by atoms with Gasteiger partial charge in [-0.25, -0.2) is 0 Å². The zero-order valence-electron chi connectivity index (χ0n) is 12.7. The molecule has 116 valence electrons. The van der Waals surface area contributed by atoms with Crippen LogP contribution < -0.4 is 5.32 Å². The number of nitrogens with zero attached hydrogens (tertiary/aromatic N) is 1. The first kappa shape index (κ1) is 14.6. The van der Waals surface area contributed by atoms with Gasteiger partial charge in [0, 0.05) is 25.5 Å². The summed E-state index contributed by atoms with van der Waals surface area (Å²) in [7, 11) is 0. The first-order valence-electron chi connectivity index (χ1n) is 8.30. The number of carbonyl (C=O) groups excluding carboxylic acids is 1. The average molecular weight is 290 g/mol. The van der Waals surface area contributed by atoms with Gasteiger partial charge >= 0.3 is 0 Å². The number of nitrogens with one attached hydrogen (secondary N) is 1. The lowest BCUT2D eigenvalue weighted by atomic mass is 9.78. The minimum atomic E-state index is -0.0115. The van der Waals surface area contributed by atoms with E-state index in [1.807, 2.05) is 0 Å². The van der Waals surface area contributed by atoms with Crippen LogP contribution in [0.25, 0.3) is 0 Å². The van der Waals surface area contributed by atoms with Crippen molar-refractivity contribution in [2.75, 3.05) is 13.2 Å². The van der Waals surface area contributed by atoms with Crippen molar-refractivity contribution in [1.29, 1.82) is 0 Å². The standard InChI is InChI=1S/C17H26N2O2/c20-16(18-14-15-7-6-12-21-15)13-17(8-2-1-3-9-17)19-10-4-5-11-19/h4-5,10-11,15H,1-3,6-9,12-14H2,(H,18,20)/t15-/m1/s1. The monoisotopic (exact) mass is 290 g/mol. The minimum Gasteiger partial charge on any atom is -0.376 e. The van der Waals surface area contributed by atoms with Crippen LogP contribution in [0, 0.1) is 0 Å². The molecule has 1 aliphatic carbocycles. The molecule has 1 aromatic rings. The fourth-order valence-corrected chi connectivity index (χ4v) is 3.78. The predicted molar refractivity (Wildman–Crippen MR) is 82.1 cm³/mol. The lowest BCUT2D eigenvalue weighted by molar-refractivity contribution is -0.124. The van der Waals surface area contributed by atoms with E-state index in [-0.39, 0.29) is 17.6 Å². The van der Waals surface area contributed by atoms with Crippen molar-refractivity contribution in [3.63, 3.8) is 0 Å². The summed E-state index contributed by atoms with van der Waals surface area (Å²) in [6.45, 7) is 1.51. The number of carbonyl (C=O) groups is 1. The minimum absolute atomic E-state index is 0.0115. The van der Waals surface area contributed by atoms with Crippen molar-refractivity contribution < 1.29 is 9.53 Å². The second kappa shape index (κ2) is 6.65. The smallest absolute Gasteiger partial charge is 0.222 e. The van der Waals surface area contributed by atoms with Gasteiger partial charge in [0.1, 0.15) is 0 Å². The molecular formula is C17H26N2O2. The first-order chi connectivity index (χ1) is 10.3. The highest BCUT2D eigenvalue weighted by molar-refractivity contribution is 5.77. The van der Waals surface area contributed by atoms with E-state index in [1.54, 1.807) is 0 Å². The van der Waals surface area contributed by atoms with E-state index in [1.165, 1.54) is 19.3 Å². The zero-order valence-corrected chi connectivity index (χ0v) is 12.7. The van der Waals surface area contributed by atoms with Crippen molar-refractivity contribution in [2.45, 2.75) is 63.0 Å². The Morgan fingerprint density at radius 1 is 1.19 bits per heavy atom. The predicted octanol–water partition coefficient (Wildman–Crippen LogP) is 2.83. The van der Waals surface area contributed by atoms with E-state index < -0.39 is 0 Å². The van der Waals surface area contributed by atoms with Gasteiger partial charge in [-0.2, -0.15) is 0 Å². The lowest BCUT2D eigenvalue weighted by Crippen LogP contribution is -2.42. The van der Waals surface area contributed by atoms with Gasteiger partial charge in [-0.3, -0.25) is 4.79 Å². The Hall–Kier alpha value is -1.29. The highest BCUT2D eigenvalue weighted by atomic mass is 16.5. The van der Waals surface area contributed by atoms with E-state index in [9.17, 15) is 4.79 Å². The van der Waals surface area contributed by atoms with Gasteiger partial charge in [-0.1, -0.05) is 19.3 Å². The maximum absolute atomic E-state index is 12.4. The largest absolute Gasteiger partial charge is 0.376 e. The third kappa shape index (κ3) is 3.49. The summed E-state index contributed by atoms with van der Waals surface area (Å²) >= 11 is 0. The van der Waals surface area contributed by atoms with Crippen LogP contribution in [0.5, 0.6) is 0 Å². The van der Waals surface area contributed by atoms with E-state index in [0.29, 0.717) is 13.0 Å².